The molecule has 0 spiro atoms. The van der Waals surface area contributed by atoms with E-state index in [9.17, 15) is 14.4 Å². The van der Waals surface area contributed by atoms with Crippen molar-refractivity contribution in [2.75, 3.05) is 11.9 Å². The summed E-state index contributed by atoms with van der Waals surface area (Å²) in [6.45, 7) is 9.39. The van der Waals surface area contributed by atoms with E-state index in [0.29, 0.717) is 12.1 Å². The number of carboxylic acids is 1. The highest BCUT2D eigenvalue weighted by Gasteiger charge is 2.20. The maximum atomic E-state index is 13.1. The molecule has 0 fully saturated rings. The summed E-state index contributed by atoms with van der Waals surface area (Å²) < 4.78 is 1.77. The van der Waals surface area contributed by atoms with Crippen molar-refractivity contribution in [1.82, 2.24) is 15.1 Å². The molecule has 0 aliphatic carbocycles. The summed E-state index contributed by atoms with van der Waals surface area (Å²) in [4.78, 5) is 36.4. The van der Waals surface area contributed by atoms with Crippen molar-refractivity contribution in [2.45, 2.75) is 46.1 Å². The van der Waals surface area contributed by atoms with E-state index in [2.05, 4.69) is 54.4 Å². The molecule has 0 bridgehead atoms. The molecule has 0 radical (unpaired) electrons. The molecule has 3 rings (SSSR count). The van der Waals surface area contributed by atoms with Gasteiger partial charge < -0.3 is 20.8 Å². The molecule has 0 aliphatic heterocycles. The van der Waals surface area contributed by atoms with E-state index >= 15 is 0 Å². The van der Waals surface area contributed by atoms with Gasteiger partial charge in [0, 0.05) is 22.5 Å². The van der Waals surface area contributed by atoms with Gasteiger partial charge in [-0.05, 0) is 72.9 Å². The fourth-order valence-electron chi connectivity index (χ4n) is 4.18. The van der Waals surface area contributed by atoms with Crippen molar-refractivity contribution >= 4 is 29.2 Å². The summed E-state index contributed by atoms with van der Waals surface area (Å²) in [5, 5.41) is 27.7. The van der Waals surface area contributed by atoms with Gasteiger partial charge in [-0.3, -0.25) is 9.59 Å². The van der Waals surface area contributed by atoms with Crippen molar-refractivity contribution in [1.29, 1.82) is 0 Å². The smallest absolute Gasteiger partial charge is 0.328 e. The third kappa shape index (κ3) is 6.88. The van der Waals surface area contributed by atoms with E-state index in [1.807, 2.05) is 13.0 Å². The lowest BCUT2D eigenvalue weighted by Crippen LogP contribution is -2.43. The summed E-state index contributed by atoms with van der Waals surface area (Å²) >= 11 is 0. The number of allylic oxidation sites excluding steroid dienone is 2. The largest absolute Gasteiger partial charge is 0.480 e. The van der Waals surface area contributed by atoms with Crippen LogP contribution in [0.4, 0.5) is 5.69 Å². The zero-order valence-electron chi connectivity index (χ0n) is 22.4. The topological polar surface area (TPSA) is 134 Å². The number of nitrogens with one attached hydrogen (secondary N) is 2. The van der Waals surface area contributed by atoms with Crippen LogP contribution in [-0.4, -0.2) is 50.4 Å². The van der Waals surface area contributed by atoms with Crippen molar-refractivity contribution in [3.63, 3.8) is 0 Å². The van der Waals surface area contributed by atoms with Gasteiger partial charge in [0.25, 0.3) is 11.8 Å². The number of benzene rings is 2. The average Bonchev–Trinajstić information content (AvgIpc) is 3.38. The number of hydrogen-bond donors (Lipinski definition) is 4. The lowest BCUT2D eigenvalue weighted by molar-refractivity contribution is -0.140. The SMILES string of the molecule is C=C/C=C(/c1ccc(CC)c(CC)c1)n1nc(C(=O)Nc2ccc(C(=O)NC(CO)C(=O)O)cc2)cc1CC. The minimum atomic E-state index is -1.40. The number of carbonyl (C=O) groups excluding carboxylic acids is 2. The molecule has 0 saturated carbocycles. The number of nitrogens with zero attached hydrogens (tertiary/aromatic N) is 2. The van der Waals surface area contributed by atoms with Crippen LogP contribution in [0.15, 0.2) is 67.3 Å². The Hall–Kier alpha value is -4.50. The highest BCUT2D eigenvalue weighted by Crippen LogP contribution is 2.24. The van der Waals surface area contributed by atoms with Crippen LogP contribution >= 0.6 is 0 Å². The maximum Gasteiger partial charge on any atom is 0.328 e. The van der Waals surface area contributed by atoms with Crippen molar-refractivity contribution in [2.24, 2.45) is 0 Å². The van der Waals surface area contributed by atoms with Gasteiger partial charge >= 0.3 is 5.97 Å². The highest BCUT2D eigenvalue weighted by atomic mass is 16.4. The number of carbonyl (C=O) groups is 3. The molecule has 1 atom stereocenters. The minimum absolute atomic E-state index is 0.185. The summed E-state index contributed by atoms with van der Waals surface area (Å²) in [5.41, 5.74) is 6.07. The van der Waals surface area contributed by atoms with Gasteiger partial charge in [-0.1, -0.05) is 45.6 Å². The number of carboxylic acid groups (broad SMARTS) is 1. The first-order valence-corrected chi connectivity index (χ1v) is 12.9. The monoisotopic (exact) mass is 530 g/mol. The van der Waals surface area contributed by atoms with Crippen LogP contribution in [0, 0.1) is 0 Å². The number of hydrogen-bond acceptors (Lipinski definition) is 5. The molecule has 9 heteroatoms. The van der Waals surface area contributed by atoms with Gasteiger partial charge in [0.05, 0.1) is 12.3 Å². The van der Waals surface area contributed by atoms with E-state index in [0.717, 1.165) is 29.8 Å². The first kappa shape index (κ1) is 29.1. The number of aliphatic hydroxyl groups excluding tert-OH is 1. The first-order chi connectivity index (χ1) is 18.8. The van der Waals surface area contributed by atoms with Crippen LogP contribution < -0.4 is 10.6 Å². The predicted octanol–water partition coefficient (Wildman–Crippen LogP) is 4.07. The quantitative estimate of drug-likeness (QED) is 0.261. The standard InChI is InChI=1S/C30H34N4O5/c1-5-9-27(22-11-10-19(6-2)20(7-3)16-22)34-24(8-4)17-25(33-34)29(37)31-23-14-12-21(13-15-23)28(36)32-26(18-35)30(38)39/h5,9-17,26,35H,1,6-8,18H2,2-4H3,(H,31,37)(H,32,36)(H,38,39)/b27-9-. The molecule has 3 aromatic rings. The van der Waals surface area contributed by atoms with E-state index in [1.54, 1.807) is 16.8 Å². The second-order valence-corrected chi connectivity index (χ2v) is 8.84. The maximum absolute atomic E-state index is 13.1. The second-order valence-electron chi connectivity index (χ2n) is 8.84. The molecular weight excluding hydrogens is 496 g/mol. The van der Waals surface area contributed by atoms with Gasteiger partial charge in [0.2, 0.25) is 0 Å². The summed E-state index contributed by atoms with van der Waals surface area (Å²) in [7, 11) is 0. The lowest BCUT2D eigenvalue weighted by atomic mass is 9.98. The van der Waals surface area contributed by atoms with Crippen molar-refractivity contribution in [3.8, 4) is 0 Å². The Morgan fingerprint density at radius 3 is 2.18 bits per heavy atom. The summed E-state index contributed by atoms with van der Waals surface area (Å²) in [6, 6.07) is 12.7. The molecule has 1 heterocycles. The Kier molecular flexibility index (Phi) is 9.94. The zero-order valence-corrected chi connectivity index (χ0v) is 22.4. The Morgan fingerprint density at radius 2 is 1.62 bits per heavy atom. The average molecular weight is 531 g/mol. The molecule has 4 N–H and O–H groups in total. The molecule has 2 amide bonds. The molecular formula is C30H34N4O5. The molecule has 0 aliphatic rings. The van der Waals surface area contributed by atoms with Gasteiger partial charge in [0.1, 0.15) is 0 Å². The Morgan fingerprint density at radius 1 is 0.949 bits per heavy atom. The molecule has 0 saturated heterocycles. The Balaban J connectivity index is 1.83. The predicted molar refractivity (Wildman–Crippen MR) is 151 cm³/mol. The minimum Gasteiger partial charge on any atom is -0.480 e. The number of aliphatic hydroxyl groups is 1. The van der Waals surface area contributed by atoms with E-state index in [4.69, 9.17) is 10.2 Å². The zero-order chi connectivity index (χ0) is 28.5. The van der Waals surface area contributed by atoms with Crippen LogP contribution in [0.5, 0.6) is 0 Å². The molecule has 39 heavy (non-hydrogen) atoms. The molecule has 9 nitrogen and oxygen atoms in total. The Labute approximate surface area is 227 Å². The number of aliphatic carboxylic acids is 1. The van der Waals surface area contributed by atoms with Crippen molar-refractivity contribution < 1.29 is 24.6 Å². The fraction of sp³-hybridized carbons (Fsp3) is 0.267. The number of aromatic nitrogens is 2. The van der Waals surface area contributed by atoms with Crippen LogP contribution in [0.3, 0.4) is 0 Å². The molecule has 1 aromatic heterocycles. The normalized spacial score (nSPS) is 12.1. The van der Waals surface area contributed by atoms with Crippen molar-refractivity contribution in [3.05, 3.63) is 101 Å². The molecule has 2 aromatic carbocycles. The summed E-state index contributed by atoms with van der Waals surface area (Å²) in [6.07, 6.45) is 6.09. The van der Waals surface area contributed by atoms with Gasteiger partial charge in [-0.25, -0.2) is 9.48 Å². The van der Waals surface area contributed by atoms with Gasteiger partial charge in [-0.15, -0.1) is 0 Å². The molecule has 204 valence electrons. The third-order valence-corrected chi connectivity index (χ3v) is 6.34. The number of amides is 2. The lowest BCUT2D eigenvalue weighted by Gasteiger charge is -2.14. The van der Waals surface area contributed by atoms with E-state index in [1.165, 1.54) is 35.4 Å². The van der Waals surface area contributed by atoms with Gasteiger partial charge in [-0.2, -0.15) is 5.10 Å². The number of aryl methyl sites for hydroxylation is 3. The van der Waals surface area contributed by atoms with Crippen LogP contribution in [0.1, 0.15) is 64.0 Å². The van der Waals surface area contributed by atoms with Crippen LogP contribution in [-0.2, 0) is 24.1 Å². The third-order valence-electron chi connectivity index (χ3n) is 6.34. The number of anilines is 1. The van der Waals surface area contributed by atoms with Gasteiger partial charge in [0.15, 0.2) is 11.7 Å². The fourth-order valence-corrected chi connectivity index (χ4v) is 4.18. The molecule has 1 unspecified atom stereocenters. The number of rotatable bonds is 12. The highest BCUT2D eigenvalue weighted by molar-refractivity contribution is 6.03. The van der Waals surface area contributed by atoms with E-state index in [-0.39, 0.29) is 11.3 Å². The van der Waals surface area contributed by atoms with Crippen LogP contribution in [0.25, 0.3) is 5.70 Å². The van der Waals surface area contributed by atoms with Crippen LogP contribution in [0.2, 0.25) is 0 Å². The Bertz CT molecular complexity index is 1390. The van der Waals surface area contributed by atoms with E-state index < -0.39 is 30.4 Å². The summed E-state index contributed by atoms with van der Waals surface area (Å²) in [5.74, 6) is -2.41. The second kappa shape index (κ2) is 13.3. The first-order valence-electron chi connectivity index (χ1n) is 12.9.